The molecule has 0 radical (unpaired) electrons. The minimum absolute atomic E-state index is 1.24. The molecule has 0 aromatic heterocycles. The first-order chi connectivity index (χ1) is 10.7. The molecule has 0 saturated heterocycles. The zero-order valence-electron chi connectivity index (χ0n) is 13.2. The monoisotopic (exact) mass is 284 g/mol. The van der Waals surface area contributed by atoms with Gasteiger partial charge >= 0.3 is 0 Å². The Kier molecular flexibility index (Phi) is 3.11. The van der Waals surface area contributed by atoms with E-state index in [0.717, 1.165) is 0 Å². The zero-order valence-corrected chi connectivity index (χ0v) is 13.2. The molecular formula is C22H20. The second-order valence-electron chi connectivity index (χ2n) is 6.44. The topological polar surface area (TPSA) is 0 Å². The third-order valence-corrected chi connectivity index (χ3v) is 4.62. The van der Waals surface area contributed by atoms with E-state index in [9.17, 15) is 0 Å². The molecule has 0 bridgehead atoms. The molecule has 1 aliphatic carbocycles. The van der Waals surface area contributed by atoms with E-state index in [1.165, 1.54) is 57.3 Å². The highest BCUT2D eigenvalue weighted by atomic mass is 14.2. The van der Waals surface area contributed by atoms with Gasteiger partial charge in [-0.1, -0.05) is 65.7 Å². The molecule has 4 rings (SSSR count). The highest BCUT2D eigenvalue weighted by Gasteiger charge is 2.13. The van der Waals surface area contributed by atoms with E-state index < -0.39 is 0 Å². The summed E-state index contributed by atoms with van der Waals surface area (Å²) >= 11 is 0. The maximum atomic E-state index is 2.36. The van der Waals surface area contributed by atoms with E-state index in [1.54, 1.807) is 0 Å². The fraction of sp³-hybridized carbons (Fsp3) is 0.182. The fourth-order valence-corrected chi connectivity index (χ4v) is 3.39. The second-order valence-corrected chi connectivity index (χ2v) is 6.44. The molecule has 0 spiro atoms. The Morgan fingerprint density at radius 3 is 1.82 bits per heavy atom. The van der Waals surface area contributed by atoms with Crippen LogP contribution in [0.25, 0.3) is 22.3 Å². The summed E-state index contributed by atoms with van der Waals surface area (Å²) in [5.41, 5.74) is 10.9. The van der Waals surface area contributed by atoms with Gasteiger partial charge in [0.25, 0.3) is 0 Å². The van der Waals surface area contributed by atoms with Crippen molar-refractivity contribution in [1.82, 2.24) is 0 Å². The van der Waals surface area contributed by atoms with Crippen molar-refractivity contribution >= 4 is 0 Å². The summed E-state index contributed by atoms with van der Waals surface area (Å²) in [7, 11) is 0. The minimum atomic E-state index is 1.24. The molecule has 0 N–H and O–H groups in total. The highest BCUT2D eigenvalue weighted by Crippen LogP contribution is 2.31. The van der Waals surface area contributed by atoms with Crippen molar-refractivity contribution in [2.75, 3.05) is 0 Å². The fourth-order valence-electron chi connectivity index (χ4n) is 3.39. The van der Waals surface area contributed by atoms with Crippen LogP contribution in [0.5, 0.6) is 0 Å². The van der Waals surface area contributed by atoms with Crippen molar-refractivity contribution in [3.63, 3.8) is 0 Å². The molecular weight excluding hydrogens is 264 g/mol. The van der Waals surface area contributed by atoms with Gasteiger partial charge in [0.1, 0.15) is 0 Å². The molecule has 0 nitrogen and oxygen atoms in total. The first-order valence-corrected chi connectivity index (χ1v) is 8.00. The van der Waals surface area contributed by atoms with Gasteiger partial charge in [0.15, 0.2) is 0 Å². The van der Waals surface area contributed by atoms with Crippen LogP contribution >= 0.6 is 0 Å². The molecule has 0 amide bonds. The minimum Gasteiger partial charge on any atom is -0.0610 e. The molecule has 0 fully saturated rings. The van der Waals surface area contributed by atoms with Gasteiger partial charge in [-0.25, -0.2) is 0 Å². The number of benzene rings is 3. The Balaban J connectivity index is 1.78. The summed E-state index contributed by atoms with van der Waals surface area (Å²) in [6, 6.07) is 22.6. The largest absolute Gasteiger partial charge is 0.0610 e. The van der Waals surface area contributed by atoms with E-state index in [2.05, 4.69) is 74.5 Å². The maximum Gasteiger partial charge on any atom is -0.0178 e. The van der Waals surface area contributed by atoms with Crippen LogP contribution in [0.4, 0.5) is 0 Å². The lowest BCUT2D eigenvalue weighted by molar-refractivity contribution is 0.840. The molecule has 0 unspecified atom stereocenters. The third-order valence-electron chi connectivity index (χ3n) is 4.62. The SMILES string of the molecule is Cc1cc(C)cc(-c2cccc(-c3ccc4c(c3)CC4)c2)c1. The predicted octanol–water partition coefficient (Wildman–Crippen LogP) is 5.74. The van der Waals surface area contributed by atoms with Crippen LogP contribution in [0.15, 0.2) is 60.7 Å². The summed E-state index contributed by atoms with van der Waals surface area (Å²) in [6.45, 7) is 4.33. The number of aryl methyl sites for hydroxylation is 4. The molecule has 0 heteroatoms. The van der Waals surface area contributed by atoms with Crippen molar-refractivity contribution in [1.29, 1.82) is 0 Å². The Bertz CT molecular complexity index is 835. The summed E-state index contributed by atoms with van der Waals surface area (Å²) in [5, 5.41) is 0. The molecule has 0 atom stereocenters. The number of hydrogen-bond acceptors (Lipinski definition) is 0. The van der Waals surface area contributed by atoms with E-state index in [0.29, 0.717) is 0 Å². The molecule has 22 heavy (non-hydrogen) atoms. The first-order valence-electron chi connectivity index (χ1n) is 8.00. The van der Waals surface area contributed by atoms with Crippen LogP contribution in [-0.2, 0) is 12.8 Å². The Morgan fingerprint density at radius 2 is 1.18 bits per heavy atom. The van der Waals surface area contributed by atoms with Gasteiger partial charge < -0.3 is 0 Å². The first kappa shape index (κ1) is 13.3. The zero-order chi connectivity index (χ0) is 15.1. The van der Waals surface area contributed by atoms with Crippen molar-refractivity contribution in [2.45, 2.75) is 26.7 Å². The van der Waals surface area contributed by atoms with Gasteiger partial charge in [-0.2, -0.15) is 0 Å². The van der Waals surface area contributed by atoms with Gasteiger partial charge in [-0.3, -0.25) is 0 Å². The molecule has 1 aliphatic rings. The van der Waals surface area contributed by atoms with Gasteiger partial charge in [0.05, 0.1) is 0 Å². The number of rotatable bonds is 2. The Morgan fingerprint density at radius 1 is 0.545 bits per heavy atom. The van der Waals surface area contributed by atoms with Crippen molar-refractivity contribution in [3.05, 3.63) is 82.9 Å². The molecule has 3 aromatic rings. The molecule has 108 valence electrons. The van der Waals surface area contributed by atoms with E-state index in [4.69, 9.17) is 0 Å². The van der Waals surface area contributed by atoms with E-state index in [-0.39, 0.29) is 0 Å². The third kappa shape index (κ3) is 2.35. The smallest absolute Gasteiger partial charge is 0.0178 e. The van der Waals surface area contributed by atoms with E-state index >= 15 is 0 Å². The van der Waals surface area contributed by atoms with Crippen molar-refractivity contribution in [2.24, 2.45) is 0 Å². The van der Waals surface area contributed by atoms with Gasteiger partial charge in [0, 0.05) is 0 Å². The lowest BCUT2D eigenvalue weighted by Gasteiger charge is -2.19. The summed E-state index contributed by atoms with van der Waals surface area (Å²) in [5.74, 6) is 0. The second kappa shape index (κ2) is 5.14. The lowest BCUT2D eigenvalue weighted by Crippen LogP contribution is -2.07. The standard InChI is InChI=1S/C22H20/c1-15-10-16(2)12-22(11-15)19-5-3-4-18(13-19)21-9-7-17-6-8-20(17)14-21/h3-5,7,9-14H,6,8H2,1-2H3. The highest BCUT2D eigenvalue weighted by molar-refractivity contribution is 5.74. The number of hydrogen-bond donors (Lipinski definition) is 0. The van der Waals surface area contributed by atoms with Gasteiger partial charge in [-0.05, 0) is 66.1 Å². The average Bonchev–Trinajstić information content (AvgIpc) is 2.48. The molecule has 3 aromatic carbocycles. The molecule has 0 heterocycles. The van der Waals surface area contributed by atoms with Crippen LogP contribution in [0.1, 0.15) is 22.3 Å². The summed E-state index contributed by atoms with van der Waals surface area (Å²) in [6.07, 6.45) is 2.48. The quantitative estimate of drug-likeness (QED) is 0.563. The van der Waals surface area contributed by atoms with Gasteiger partial charge in [0.2, 0.25) is 0 Å². The molecule has 0 aliphatic heterocycles. The van der Waals surface area contributed by atoms with Crippen LogP contribution < -0.4 is 0 Å². The lowest BCUT2D eigenvalue weighted by atomic mass is 9.86. The molecule has 0 saturated carbocycles. The van der Waals surface area contributed by atoms with Gasteiger partial charge in [-0.15, -0.1) is 0 Å². The van der Waals surface area contributed by atoms with E-state index in [1.807, 2.05) is 0 Å². The maximum absolute atomic E-state index is 2.36. The van der Waals surface area contributed by atoms with Crippen molar-refractivity contribution < 1.29 is 0 Å². The summed E-state index contributed by atoms with van der Waals surface area (Å²) in [4.78, 5) is 0. The van der Waals surface area contributed by atoms with Crippen LogP contribution in [0.2, 0.25) is 0 Å². The summed E-state index contributed by atoms with van der Waals surface area (Å²) < 4.78 is 0. The Hall–Kier alpha value is -2.34. The normalized spacial score (nSPS) is 12.6. The van der Waals surface area contributed by atoms with Crippen LogP contribution in [-0.4, -0.2) is 0 Å². The average molecular weight is 284 g/mol. The van der Waals surface area contributed by atoms with Crippen LogP contribution in [0, 0.1) is 13.8 Å². The van der Waals surface area contributed by atoms with Crippen LogP contribution in [0.3, 0.4) is 0 Å². The van der Waals surface area contributed by atoms with Crippen molar-refractivity contribution in [3.8, 4) is 22.3 Å². The predicted molar refractivity (Wildman–Crippen MR) is 94.2 cm³/mol. The number of fused-ring (bicyclic) bond motifs is 1. The Labute approximate surface area is 132 Å².